The normalized spacial score (nSPS) is 17.4. The van der Waals surface area contributed by atoms with Crippen LogP contribution in [0.1, 0.15) is 35.2 Å². The van der Waals surface area contributed by atoms with Crippen molar-refractivity contribution in [1.82, 2.24) is 15.5 Å². The summed E-state index contributed by atoms with van der Waals surface area (Å²) in [5, 5.41) is 6.54. The minimum absolute atomic E-state index is 0.0595. The van der Waals surface area contributed by atoms with Gasteiger partial charge in [0.05, 0.1) is 13.2 Å². The smallest absolute Gasteiger partial charge is 0.234 e. The summed E-state index contributed by atoms with van der Waals surface area (Å²) in [7, 11) is 1.69. The predicted molar refractivity (Wildman–Crippen MR) is 112 cm³/mol. The number of methoxy groups -OCH3 is 1. The van der Waals surface area contributed by atoms with Crippen LogP contribution in [0.4, 0.5) is 0 Å². The molecule has 5 heteroatoms. The zero-order chi connectivity index (χ0) is 19.8. The number of ether oxygens (including phenoxy) is 1. The van der Waals surface area contributed by atoms with Gasteiger partial charge in [0.25, 0.3) is 0 Å². The molecule has 3 rings (SSSR count). The van der Waals surface area contributed by atoms with E-state index >= 15 is 0 Å². The molecule has 1 heterocycles. The number of benzene rings is 2. The highest BCUT2D eigenvalue weighted by molar-refractivity contribution is 5.78. The van der Waals surface area contributed by atoms with Gasteiger partial charge in [-0.25, -0.2) is 0 Å². The van der Waals surface area contributed by atoms with Crippen LogP contribution in [-0.4, -0.2) is 44.1 Å². The van der Waals surface area contributed by atoms with Crippen LogP contribution in [0.25, 0.3) is 0 Å². The molecule has 0 aromatic heterocycles. The summed E-state index contributed by atoms with van der Waals surface area (Å²) in [5.74, 6) is 0.0595. The minimum atomic E-state index is 0.0595. The van der Waals surface area contributed by atoms with Crippen molar-refractivity contribution in [3.8, 4) is 0 Å². The van der Waals surface area contributed by atoms with E-state index in [1.807, 2.05) is 24.3 Å². The number of aryl methyl sites for hydroxylation is 1. The van der Waals surface area contributed by atoms with E-state index in [0.717, 1.165) is 37.2 Å². The number of rotatable bonds is 8. The van der Waals surface area contributed by atoms with Gasteiger partial charge in [-0.3, -0.25) is 9.69 Å². The van der Waals surface area contributed by atoms with Crippen molar-refractivity contribution in [2.24, 2.45) is 0 Å². The van der Waals surface area contributed by atoms with Crippen molar-refractivity contribution < 1.29 is 9.53 Å². The van der Waals surface area contributed by atoms with Crippen molar-refractivity contribution in [3.63, 3.8) is 0 Å². The molecule has 0 spiro atoms. The molecule has 1 unspecified atom stereocenters. The molecule has 0 radical (unpaired) electrons. The fourth-order valence-electron chi connectivity index (χ4n) is 3.70. The molecule has 1 aliphatic heterocycles. The number of nitrogens with zero attached hydrogens (tertiary/aromatic N) is 1. The molecule has 1 amide bonds. The van der Waals surface area contributed by atoms with E-state index in [4.69, 9.17) is 4.74 Å². The largest absolute Gasteiger partial charge is 0.380 e. The van der Waals surface area contributed by atoms with E-state index in [1.54, 1.807) is 7.11 Å². The first-order chi connectivity index (χ1) is 13.7. The van der Waals surface area contributed by atoms with E-state index in [9.17, 15) is 4.79 Å². The molecule has 5 nitrogen and oxygen atoms in total. The van der Waals surface area contributed by atoms with E-state index < -0.39 is 0 Å². The lowest BCUT2D eigenvalue weighted by Gasteiger charge is -2.36. The van der Waals surface area contributed by atoms with Crippen LogP contribution in [0.5, 0.6) is 0 Å². The van der Waals surface area contributed by atoms with E-state index in [2.05, 4.69) is 46.7 Å². The summed E-state index contributed by atoms with van der Waals surface area (Å²) in [4.78, 5) is 14.9. The Bertz CT molecular complexity index is 761. The number of carbonyl (C=O) groups excluding carboxylic acids is 1. The molecule has 150 valence electrons. The molecule has 1 fully saturated rings. The molecule has 2 aromatic rings. The molecule has 2 aromatic carbocycles. The molecular weight excluding hydrogens is 350 g/mol. The highest BCUT2D eigenvalue weighted by Gasteiger charge is 2.25. The first-order valence-electron chi connectivity index (χ1n) is 10.1. The number of hydrogen-bond donors (Lipinski definition) is 2. The quantitative estimate of drug-likeness (QED) is 0.738. The van der Waals surface area contributed by atoms with Crippen molar-refractivity contribution in [3.05, 3.63) is 70.8 Å². The lowest BCUT2D eigenvalue weighted by Crippen LogP contribution is -2.49. The average Bonchev–Trinajstić information content (AvgIpc) is 2.74. The van der Waals surface area contributed by atoms with Crippen LogP contribution < -0.4 is 10.6 Å². The van der Waals surface area contributed by atoms with Crippen molar-refractivity contribution in [1.29, 1.82) is 0 Å². The van der Waals surface area contributed by atoms with Gasteiger partial charge in [-0.1, -0.05) is 55.5 Å². The number of carbonyl (C=O) groups is 1. The first-order valence-corrected chi connectivity index (χ1v) is 10.1. The molecular formula is C23H31N3O2. The topological polar surface area (TPSA) is 53.6 Å². The Morgan fingerprint density at radius 1 is 1.18 bits per heavy atom. The van der Waals surface area contributed by atoms with Gasteiger partial charge in [-0.05, 0) is 28.7 Å². The van der Waals surface area contributed by atoms with Crippen molar-refractivity contribution >= 4 is 5.91 Å². The predicted octanol–water partition coefficient (Wildman–Crippen LogP) is 2.66. The second-order valence-corrected chi connectivity index (χ2v) is 7.26. The van der Waals surface area contributed by atoms with Gasteiger partial charge in [0.1, 0.15) is 0 Å². The van der Waals surface area contributed by atoms with Gasteiger partial charge in [0, 0.05) is 39.3 Å². The van der Waals surface area contributed by atoms with Gasteiger partial charge in [-0.15, -0.1) is 0 Å². The maximum Gasteiger partial charge on any atom is 0.234 e. The number of piperazine rings is 1. The van der Waals surface area contributed by atoms with Gasteiger partial charge >= 0.3 is 0 Å². The zero-order valence-electron chi connectivity index (χ0n) is 16.9. The SMILES string of the molecule is CCc1ccc(C2CNCCN2CC(=O)NCc2ccccc2COC)cc1. The number of amides is 1. The maximum atomic E-state index is 12.6. The summed E-state index contributed by atoms with van der Waals surface area (Å²) < 4.78 is 5.25. The monoisotopic (exact) mass is 381 g/mol. The van der Waals surface area contributed by atoms with Gasteiger partial charge in [0.15, 0.2) is 0 Å². The van der Waals surface area contributed by atoms with Crippen molar-refractivity contribution in [2.45, 2.75) is 32.5 Å². The fraction of sp³-hybridized carbons (Fsp3) is 0.435. The van der Waals surface area contributed by atoms with Crippen LogP contribution in [-0.2, 0) is 29.1 Å². The van der Waals surface area contributed by atoms with Crippen LogP contribution in [0.3, 0.4) is 0 Å². The highest BCUT2D eigenvalue weighted by atomic mass is 16.5. The van der Waals surface area contributed by atoms with Crippen LogP contribution in [0.2, 0.25) is 0 Å². The van der Waals surface area contributed by atoms with Crippen LogP contribution in [0.15, 0.2) is 48.5 Å². The third kappa shape index (κ3) is 5.41. The van der Waals surface area contributed by atoms with Crippen molar-refractivity contribution in [2.75, 3.05) is 33.3 Å². The maximum absolute atomic E-state index is 12.6. The second kappa shape index (κ2) is 10.4. The van der Waals surface area contributed by atoms with Crippen LogP contribution in [0, 0.1) is 0 Å². The molecule has 0 bridgehead atoms. The molecule has 28 heavy (non-hydrogen) atoms. The standard InChI is InChI=1S/C23H31N3O2/c1-3-18-8-10-19(11-9-18)22-15-24-12-13-26(22)16-23(27)25-14-20-6-4-5-7-21(20)17-28-2/h4-11,22,24H,3,12-17H2,1-2H3,(H,25,27). The highest BCUT2D eigenvalue weighted by Crippen LogP contribution is 2.22. The summed E-state index contributed by atoms with van der Waals surface area (Å²) in [5.41, 5.74) is 4.82. The summed E-state index contributed by atoms with van der Waals surface area (Å²) in [6.45, 7) is 6.31. The molecule has 2 N–H and O–H groups in total. The number of hydrogen-bond acceptors (Lipinski definition) is 4. The summed E-state index contributed by atoms with van der Waals surface area (Å²) >= 11 is 0. The Labute approximate surface area is 168 Å². The zero-order valence-corrected chi connectivity index (χ0v) is 16.9. The van der Waals surface area contributed by atoms with E-state index in [1.165, 1.54) is 11.1 Å². The van der Waals surface area contributed by atoms with Crippen LogP contribution >= 0.6 is 0 Å². The Morgan fingerprint density at radius 3 is 2.64 bits per heavy atom. The third-order valence-electron chi connectivity index (χ3n) is 5.37. The van der Waals surface area contributed by atoms with Gasteiger partial charge < -0.3 is 15.4 Å². The third-order valence-corrected chi connectivity index (χ3v) is 5.37. The van der Waals surface area contributed by atoms with Gasteiger partial charge in [-0.2, -0.15) is 0 Å². The molecule has 1 saturated heterocycles. The molecule has 1 aliphatic rings. The lowest BCUT2D eigenvalue weighted by atomic mass is 10.0. The summed E-state index contributed by atoms with van der Waals surface area (Å²) in [6, 6.07) is 17.1. The van der Waals surface area contributed by atoms with Gasteiger partial charge in [0.2, 0.25) is 5.91 Å². The Hall–Kier alpha value is -2.21. The summed E-state index contributed by atoms with van der Waals surface area (Å²) in [6.07, 6.45) is 1.04. The van der Waals surface area contributed by atoms with E-state index in [-0.39, 0.29) is 11.9 Å². The first kappa shape index (κ1) is 20.5. The fourth-order valence-corrected chi connectivity index (χ4v) is 3.70. The average molecular weight is 382 g/mol. The Kier molecular flexibility index (Phi) is 7.60. The second-order valence-electron chi connectivity index (χ2n) is 7.26. The molecule has 0 saturated carbocycles. The Morgan fingerprint density at radius 2 is 1.93 bits per heavy atom. The lowest BCUT2D eigenvalue weighted by molar-refractivity contribution is -0.123. The Balaban J connectivity index is 1.60. The van der Waals surface area contributed by atoms with E-state index in [0.29, 0.717) is 19.7 Å². The minimum Gasteiger partial charge on any atom is -0.380 e. The molecule has 1 atom stereocenters. The number of nitrogens with one attached hydrogen (secondary N) is 2. The molecule has 0 aliphatic carbocycles.